The van der Waals surface area contributed by atoms with Crippen LogP contribution in [-0.2, 0) is 4.74 Å². The van der Waals surface area contributed by atoms with E-state index in [9.17, 15) is 0 Å². The smallest absolute Gasteiger partial charge is 0.231 e. The summed E-state index contributed by atoms with van der Waals surface area (Å²) in [6.07, 6.45) is 0. The molecule has 0 spiro atoms. The van der Waals surface area contributed by atoms with E-state index < -0.39 is 0 Å². The molecule has 1 fully saturated rings. The molecule has 0 radical (unpaired) electrons. The van der Waals surface area contributed by atoms with Crippen molar-refractivity contribution in [2.75, 3.05) is 42.6 Å². The Morgan fingerprint density at radius 1 is 1.14 bits per heavy atom. The van der Waals surface area contributed by atoms with Crippen molar-refractivity contribution in [3.63, 3.8) is 0 Å². The van der Waals surface area contributed by atoms with Gasteiger partial charge in [0.05, 0.1) is 13.2 Å². The largest absolute Gasteiger partial charge is 0.378 e. The van der Waals surface area contributed by atoms with Crippen molar-refractivity contribution in [2.45, 2.75) is 33.7 Å². The molecular formula is C14H24ClN5O. The lowest BCUT2D eigenvalue weighted by Gasteiger charge is -2.30. The molecule has 1 aliphatic heterocycles. The molecule has 1 aliphatic rings. The van der Waals surface area contributed by atoms with Crippen LogP contribution in [0.2, 0.25) is 5.28 Å². The maximum Gasteiger partial charge on any atom is 0.231 e. The number of nitrogens with zero attached hydrogens (tertiary/aromatic N) is 5. The number of ether oxygens (including phenoxy) is 1. The van der Waals surface area contributed by atoms with Gasteiger partial charge < -0.3 is 14.5 Å². The fourth-order valence-corrected chi connectivity index (χ4v) is 2.43. The number of halogens is 1. The molecule has 6 nitrogen and oxygen atoms in total. The van der Waals surface area contributed by atoms with E-state index in [1.54, 1.807) is 0 Å². The molecule has 0 amide bonds. The van der Waals surface area contributed by atoms with Crippen LogP contribution in [0.4, 0.5) is 11.9 Å². The van der Waals surface area contributed by atoms with Crippen LogP contribution in [0, 0.1) is 5.92 Å². The van der Waals surface area contributed by atoms with E-state index >= 15 is 0 Å². The summed E-state index contributed by atoms with van der Waals surface area (Å²) < 4.78 is 5.36. The highest BCUT2D eigenvalue weighted by Gasteiger charge is 2.20. The summed E-state index contributed by atoms with van der Waals surface area (Å²) in [5.41, 5.74) is 0. The van der Waals surface area contributed by atoms with Crippen molar-refractivity contribution in [2.24, 2.45) is 5.92 Å². The van der Waals surface area contributed by atoms with Gasteiger partial charge in [-0.05, 0) is 31.4 Å². The third-order valence-electron chi connectivity index (χ3n) is 3.32. The first kappa shape index (κ1) is 16.2. The van der Waals surface area contributed by atoms with E-state index in [1.807, 2.05) is 0 Å². The monoisotopic (exact) mass is 313 g/mol. The molecule has 2 rings (SSSR count). The van der Waals surface area contributed by atoms with Crippen LogP contribution in [0.5, 0.6) is 0 Å². The molecule has 0 unspecified atom stereocenters. The molecule has 0 N–H and O–H groups in total. The molecular weight excluding hydrogens is 290 g/mol. The van der Waals surface area contributed by atoms with Crippen LogP contribution in [0.3, 0.4) is 0 Å². The van der Waals surface area contributed by atoms with E-state index in [1.165, 1.54) is 0 Å². The topological polar surface area (TPSA) is 54.4 Å². The van der Waals surface area contributed by atoms with E-state index in [4.69, 9.17) is 16.3 Å². The van der Waals surface area contributed by atoms with Gasteiger partial charge in [-0.3, -0.25) is 0 Å². The molecule has 0 aliphatic carbocycles. The van der Waals surface area contributed by atoms with Gasteiger partial charge in [0.25, 0.3) is 0 Å². The Hall–Kier alpha value is -1.14. The SMILES string of the molecule is CC(C)CN(c1nc(Cl)nc(N2CCOCC2)n1)C(C)C. The van der Waals surface area contributed by atoms with Crippen LogP contribution in [-0.4, -0.2) is 53.8 Å². The first-order valence-corrected chi connectivity index (χ1v) is 7.86. The predicted molar refractivity (Wildman–Crippen MR) is 85.2 cm³/mol. The molecule has 21 heavy (non-hydrogen) atoms. The van der Waals surface area contributed by atoms with Crippen molar-refractivity contribution in [3.05, 3.63) is 5.28 Å². The second kappa shape index (κ2) is 7.22. The molecule has 7 heteroatoms. The zero-order chi connectivity index (χ0) is 15.4. The highest BCUT2D eigenvalue weighted by molar-refractivity contribution is 6.28. The van der Waals surface area contributed by atoms with Crippen molar-refractivity contribution in [1.82, 2.24) is 15.0 Å². The van der Waals surface area contributed by atoms with Crippen LogP contribution < -0.4 is 9.80 Å². The number of hydrogen-bond acceptors (Lipinski definition) is 6. The van der Waals surface area contributed by atoms with Crippen molar-refractivity contribution in [3.8, 4) is 0 Å². The molecule has 0 aromatic carbocycles. The summed E-state index contributed by atoms with van der Waals surface area (Å²) in [5.74, 6) is 1.82. The lowest BCUT2D eigenvalue weighted by Crippen LogP contribution is -2.39. The quantitative estimate of drug-likeness (QED) is 0.831. The highest BCUT2D eigenvalue weighted by atomic mass is 35.5. The summed E-state index contributed by atoms with van der Waals surface area (Å²) in [7, 11) is 0. The summed E-state index contributed by atoms with van der Waals surface area (Å²) in [5, 5.41) is 0.246. The Morgan fingerprint density at radius 2 is 1.81 bits per heavy atom. The Kier molecular flexibility index (Phi) is 5.58. The van der Waals surface area contributed by atoms with Gasteiger partial charge in [-0.2, -0.15) is 15.0 Å². The van der Waals surface area contributed by atoms with Crippen molar-refractivity contribution >= 4 is 23.5 Å². The van der Waals surface area contributed by atoms with E-state index in [2.05, 4.69) is 52.4 Å². The van der Waals surface area contributed by atoms with E-state index in [0.29, 0.717) is 37.1 Å². The van der Waals surface area contributed by atoms with Crippen LogP contribution in [0.1, 0.15) is 27.7 Å². The lowest BCUT2D eigenvalue weighted by atomic mass is 10.2. The van der Waals surface area contributed by atoms with Crippen molar-refractivity contribution in [1.29, 1.82) is 0 Å². The number of morpholine rings is 1. The second-order valence-corrected chi connectivity index (χ2v) is 6.28. The summed E-state index contributed by atoms with van der Waals surface area (Å²) in [6, 6.07) is 0.309. The Labute approximate surface area is 131 Å². The van der Waals surface area contributed by atoms with Gasteiger partial charge in [0.15, 0.2) is 0 Å². The molecule has 0 atom stereocenters. The minimum Gasteiger partial charge on any atom is -0.378 e. The van der Waals surface area contributed by atoms with Gasteiger partial charge >= 0.3 is 0 Å². The second-order valence-electron chi connectivity index (χ2n) is 5.94. The van der Waals surface area contributed by atoms with Gasteiger partial charge in [-0.25, -0.2) is 0 Å². The summed E-state index contributed by atoms with van der Waals surface area (Å²) in [6.45, 7) is 12.5. The predicted octanol–water partition coefficient (Wildman–Crippen LogP) is 2.23. The average molecular weight is 314 g/mol. The summed E-state index contributed by atoms with van der Waals surface area (Å²) in [4.78, 5) is 17.5. The normalized spacial score (nSPS) is 15.9. The maximum atomic E-state index is 6.11. The molecule has 2 heterocycles. The zero-order valence-corrected chi connectivity index (χ0v) is 14.0. The third kappa shape index (κ3) is 4.41. The lowest BCUT2D eigenvalue weighted by molar-refractivity contribution is 0.122. The fraction of sp³-hybridized carbons (Fsp3) is 0.786. The molecule has 118 valence electrons. The summed E-state index contributed by atoms with van der Waals surface area (Å²) >= 11 is 6.11. The van der Waals surface area contributed by atoms with E-state index in [-0.39, 0.29) is 5.28 Å². The fourth-order valence-electron chi connectivity index (χ4n) is 2.28. The molecule has 0 saturated carbocycles. The Morgan fingerprint density at radius 3 is 2.38 bits per heavy atom. The minimum absolute atomic E-state index is 0.246. The number of rotatable bonds is 5. The number of aromatic nitrogens is 3. The first-order valence-electron chi connectivity index (χ1n) is 7.48. The molecule has 1 aromatic heterocycles. The third-order valence-corrected chi connectivity index (χ3v) is 3.49. The van der Waals surface area contributed by atoms with Gasteiger partial charge in [0.2, 0.25) is 17.2 Å². The molecule has 1 aromatic rings. The zero-order valence-electron chi connectivity index (χ0n) is 13.2. The Balaban J connectivity index is 2.27. The standard InChI is InChI=1S/C14H24ClN5O/c1-10(2)9-20(11(3)4)14-17-12(15)16-13(18-14)19-5-7-21-8-6-19/h10-11H,5-9H2,1-4H3. The maximum absolute atomic E-state index is 6.11. The average Bonchev–Trinajstić information content (AvgIpc) is 2.44. The minimum atomic E-state index is 0.246. The number of hydrogen-bond donors (Lipinski definition) is 0. The molecule has 1 saturated heterocycles. The van der Waals surface area contributed by atoms with Gasteiger partial charge in [-0.15, -0.1) is 0 Å². The molecule has 0 bridgehead atoms. The first-order chi connectivity index (χ1) is 9.97. The van der Waals surface area contributed by atoms with Gasteiger partial charge in [0.1, 0.15) is 0 Å². The Bertz CT molecular complexity index is 463. The van der Waals surface area contributed by atoms with Gasteiger partial charge in [0, 0.05) is 25.7 Å². The van der Waals surface area contributed by atoms with Gasteiger partial charge in [-0.1, -0.05) is 13.8 Å². The van der Waals surface area contributed by atoms with Crippen LogP contribution >= 0.6 is 11.6 Å². The number of anilines is 2. The van der Waals surface area contributed by atoms with Crippen LogP contribution in [0.25, 0.3) is 0 Å². The highest BCUT2D eigenvalue weighted by Crippen LogP contribution is 2.20. The van der Waals surface area contributed by atoms with E-state index in [0.717, 1.165) is 19.6 Å². The van der Waals surface area contributed by atoms with Crippen molar-refractivity contribution < 1.29 is 4.74 Å². The van der Waals surface area contributed by atoms with Crippen LogP contribution in [0.15, 0.2) is 0 Å².